The minimum atomic E-state index is 0.499. The van der Waals surface area contributed by atoms with E-state index < -0.39 is 0 Å². The van der Waals surface area contributed by atoms with Crippen molar-refractivity contribution in [3.05, 3.63) is 84.9 Å². The fourth-order valence-electron chi connectivity index (χ4n) is 2.88. The molecule has 0 aliphatic carbocycles. The molecule has 0 aliphatic rings. The van der Waals surface area contributed by atoms with Gasteiger partial charge in [0, 0.05) is 11.3 Å². The van der Waals surface area contributed by atoms with Gasteiger partial charge in [-0.3, -0.25) is 4.57 Å². The fourth-order valence-corrected chi connectivity index (χ4v) is 3.67. The summed E-state index contributed by atoms with van der Waals surface area (Å²) >= 11 is 1.48. The topological polar surface area (TPSA) is 82.8 Å². The number of nitrogens with zero attached hydrogens (tertiary/aromatic N) is 5. The summed E-state index contributed by atoms with van der Waals surface area (Å²) in [6.45, 7) is 0. The maximum absolute atomic E-state index is 5.54. The SMILES string of the molecule is c1ccc(-c2nc(CSc3nnc(-c4ccco4)n3-c3ccccc3)no2)cc1. The van der Waals surface area contributed by atoms with Crippen LogP contribution in [0, 0.1) is 0 Å². The van der Waals surface area contributed by atoms with Crippen LogP contribution < -0.4 is 0 Å². The van der Waals surface area contributed by atoms with Gasteiger partial charge in [-0.15, -0.1) is 10.2 Å². The number of thioether (sulfide) groups is 1. The Kier molecular flexibility index (Phi) is 4.67. The Morgan fingerprint density at radius 1 is 0.862 bits per heavy atom. The molecule has 0 saturated carbocycles. The maximum atomic E-state index is 5.54. The number of hydrogen-bond donors (Lipinski definition) is 0. The molecule has 0 fully saturated rings. The first kappa shape index (κ1) is 17.4. The number of aromatic nitrogens is 5. The lowest BCUT2D eigenvalue weighted by Gasteiger charge is -2.08. The zero-order chi connectivity index (χ0) is 19.5. The monoisotopic (exact) mass is 401 g/mol. The highest BCUT2D eigenvalue weighted by molar-refractivity contribution is 7.98. The van der Waals surface area contributed by atoms with Crippen LogP contribution in [0.1, 0.15) is 5.82 Å². The van der Waals surface area contributed by atoms with E-state index in [4.69, 9.17) is 8.94 Å². The van der Waals surface area contributed by atoms with E-state index in [0.717, 1.165) is 11.3 Å². The molecule has 0 bridgehead atoms. The van der Waals surface area contributed by atoms with E-state index in [-0.39, 0.29) is 0 Å². The minimum Gasteiger partial charge on any atom is -0.461 e. The van der Waals surface area contributed by atoms with Crippen molar-refractivity contribution >= 4 is 11.8 Å². The molecule has 0 amide bonds. The third kappa shape index (κ3) is 3.57. The molecule has 3 aromatic heterocycles. The summed E-state index contributed by atoms with van der Waals surface area (Å²) in [5.74, 6) is 2.89. The average Bonchev–Trinajstić information content (AvgIpc) is 3.54. The molecule has 0 spiro atoms. The van der Waals surface area contributed by atoms with Crippen LogP contribution >= 0.6 is 11.8 Å². The van der Waals surface area contributed by atoms with Gasteiger partial charge in [-0.05, 0) is 36.4 Å². The molecule has 7 nitrogen and oxygen atoms in total. The standard InChI is InChI=1S/C21H15N5O2S/c1-3-8-15(9-4-1)20-22-18(25-28-20)14-29-21-24-23-19(17-12-7-13-27-17)26(21)16-10-5-2-6-11-16/h1-13H,14H2. The van der Waals surface area contributed by atoms with Crippen LogP contribution in [-0.2, 0) is 5.75 Å². The first-order valence-corrected chi connectivity index (χ1v) is 9.92. The molecule has 0 aliphatic heterocycles. The molecular weight excluding hydrogens is 386 g/mol. The molecular formula is C21H15N5O2S. The van der Waals surface area contributed by atoms with Crippen molar-refractivity contribution in [2.75, 3.05) is 0 Å². The van der Waals surface area contributed by atoms with Gasteiger partial charge in [0.25, 0.3) is 5.89 Å². The van der Waals surface area contributed by atoms with Crippen molar-refractivity contribution < 1.29 is 8.94 Å². The van der Waals surface area contributed by atoms with Crippen LogP contribution in [-0.4, -0.2) is 24.9 Å². The Balaban J connectivity index is 1.43. The number of benzene rings is 2. The quantitative estimate of drug-likeness (QED) is 0.375. The Bertz CT molecular complexity index is 1200. The summed E-state index contributed by atoms with van der Waals surface area (Å²) in [7, 11) is 0. The molecule has 5 rings (SSSR count). The van der Waals surface area contributed by atoms with E-state index >= 15 is 0 Å². The van der Waals surface area contributed by atoms with Gasteiger partial charge in [-0.25, -0.2) is 0 Å². The Labute approximate surface area is 170 Å². The zero-order valence-electron chi connectivity index (χ0n) is 15.2. The second-order valence-corrected chi connectivity index (χ2v) is 7.07. The summed E-state index contributed by atoms with van der Waals surface area (Å²) in [5, 5.41) is 13.5. The smallest absolute Gasteiger partial charge is 0.257 e. The summed E-state index contributed by atoms with van der Waals surface area (Å²) in [6, 6.07) is 23.3. The van der Waals surface area contributed by atoms with Gasteiger partial charge in [-0.2, -0.15) is 4.98 Å². The predicted molar refractivity (Wildman–Crippen MR) is 108 cm³/mol. The van der Waals surface area contributed by atoms with Crippen molar-refractivity contribution in [2.24, 2.45) is 0 Å². The minimum absolute atomic E-state index is 0.499. The third-order valence-corrected chi connectivity index (χ3v) is 5.13. The van der Waals surface area contributed by atoms with E-state index in [1.165, 1.54) is 11.8 Å². The number of rotatable bonds is 6. The molecule has 8 heteroatoms. The first-order valence-electron chi connectivity index (χ1n) is 8.94. The highest BCUT2D eigenvalue weighted by Crippen LogP contribution is 2.29. The molecule has 0 N–H and O–H groups in total. The summed E-state index contributed by atoms with van der Waals surface area (Å²) < 4.78 is 12.9. The van der Waals surface area contributed by atoms with Gasteiger partial charge in [0.2, 0.25) is 5.82 Å². The molecule has 0 radical (unpaired) electrons. The Hall–Kier alpha value is -3.65. The lowest BCUT2D eigenvalue weighted by Crippen LogP contribution is -1.99. The lowest BCUT2D eigenvalue weighted by atomic mass is 10.2. The van der Waals surface area contributed by atoms with E-state index in [1.54, 1.807) is 6.26 Å². The highest BCUT2D eigenvalue weighted by atomic mass is 32.2. The molecule has 0 saturated heterocycles. The van der Waals surface area contributed by atoms with Crippen molar-refractivity contribution in [3.63, 3.8) is 0 Å². The van der Waals surface area contributed by atoms with Gasteiger partial charge in [0.15, 0.2) is 16.7 Å². The van der Waals surface area contributed by atoms with Crippen LogP contribution in [0.5, 0.6) is 0 Å². The van der Waals surface area contributed by atoms with Crippen LogP contribution in [0.15, 0.2) is 93.2 Å². The highest BCUT2D eigenvalue weighted by Gasteiger charge is 2.19. The predicted octanol–water partition coefficient (Wildman–Crippen LogP) is 4.87. The van der Waals surface area contributed by atoms with E-state index in [9.17, 15) is 0 Å². The van der Waals surface area contributed by atoms with Gasteiger partial charge in [0.1, 0.15) is 0 Å². The summed E-state index contributed by atoms with van der Waals surface area (Å²) in [4.78, 5) is 4.48. The molecule has 2 aromatic carbocycles. The molecule has 29 heavy (non-hydrogen) atoms. The Morgan fingerprint density at radius 3 is 2.41 bits per heavy atom. The molecule has 0 unspecified atom stereocenters. The number of furan rings is 1. The second-order valence-electron chi connectivity index (χ2n) is 6.12. The van der Waals surface area contributed by atoms with Gasteiger partial charge >= 0.3 is 0 Å². The lowest BCUT2D eigenvalue weighted by molar-refractivity contribution is 0.425. The van der Waals surface area contributed by atoms with Crippen LogP contribution in [0.25, 0.3) is 28.7 Å². The van der Waals surface area contributed by atoms with Gasteiger partial charge < -0.3 is 8.94 Å². The molecule has 3 heterocycles. The second kappa shape index (κ2) is 7.76. The van der Waals surface area contributed by atoms with Crippen molar-refractivity contribution in [1.82, 2.24) is 24.9 Å². The van der Waals surface area contributed by atoms with E-state index in [2.05, 4.69) is 20.3 Å². The van der Waals surface area contributed by atoms with E-state index in [0.29, 0.717) is 34.2 Å². The first-order chi connectivity index (χ1) is 14.4. The zero-order valence-corrected chi connectivity index (χ0v) is 16.0. The van der Waals surface area contributed by atoms with E-state index in [1.807, 2.05) is 77.4 Å². The summed E-state index contributed by atoms with van der Waals surface area (Å²) in [5.41, 5.74) is 1.84. The number of hydrogen-bond acceptors (Lipinski definition) is 7. The Morgan fingerprint density at radius 2 is 1.66 bits per heavy atom. The normalized spacial score (nSPS) is 11.0. The van der Waals surface area contributed by atoms with Crippen molar-refractivity contribution in [2.45, 2.75) is 10.9 Å². The average molecular weight is 401 g/mol. The largest absolute Gasteiger partial charge is 0.461 e. The third-order valence-electron chi connectivity index (χ3n) is 4.21. The summed E-state index contributed by atoms with van der Waals surface area (Å²) in [6.07, 6.45) is 1.62. The molecule has 142 valence electrons. The van der Waals surface area contributed by atoms with Gasteiger partial charge in [-0.1, -0.05) is 53.3 Å². The van der Waals surface area contributed by atoms with Crippen LogP contribution in [0.3, 0.4) is 0 Å². The maximum Gasteiger partial charge on any atom is 0.257 e. The van der Waals surface area contributed by atoms with Gasteiger partial charge in [0.05, 0.1) is 12.0 Å². The fraction of sp³-hybridized carbons (Fsp3) is 0.0476. The van der Waals surface area contributed by atoms with Crippen molar-refractivity contribution in [3.8, 4) is 28.7 Å². The molecule has 5 aromatic rings. The molecule has 0 atom stereocenters. The van der Waals surface area contributed by atoms with Crippen molar-refractivity contribution in [1.29, 1.82) is 0 Å². The number of para-hydroxylation sites is 1. The van der Waals surface area contributed by atoms with Crippen LogP contribution in [0.4, 0.5) is 0 Å². The van der Waals surface area contributed by atoms with Crippen LogP contribution in [0.2, 0.25) is 0 Å².